The van der Waals surface area contributed by atoms with Gasteiger partial charge in [-0.15, -0.1) is 0 Å². The number of ether oxygens (including phenoxy) is 1. The minimum absolute atomic E-state index is 0.209. The summed E-state index contributed by atoms with van der Waals surface area (Å²) >= 11 is 0. The van der Waals surface area contributed by atoms with Crippen molar-refractivity contribution in [1.82, 2.24) is 0 Å². The molecule has 0 unspecified atom stereocenters. The van der Waals surface area contributed by atoms with Crippen LogP contribution in [0.5, 0.6) is 5.75 Å². The molecule has 0 bridgehead atoms. The average Bonchev–Trinajstić information content (AvgIpc) is 2.61. The second kappa shape index (κ2) is 4.01. The van der Waals surface area contributed by atoms with Gasteiger partial charge in [0.15, 0.2) is 0 Å². The third-order valence-corrected chi connectivity index (χ3v) is 2.60. The van der Waals surface area contributed by atoms with Crippen LogP contribution in [0.2, 0.25) is 0 Å². The van der Waals surface area contributed by atoms with E-state index in [4.69, 9.17) is 4.74 Å². The van der Waals surface area contributed by atoms with Crippen LogP contribution >= 0.6 is 0 Å². The zero-order valence-electron chi connectivity index (χ0n) is 8.49. The van der Waals surface area contributed by atoms with Crippen LogP contribution in [0.25, 0.3) is 0 Å². The molecule has 0 radical (unpaired) electrons. The summed E-state index contributed by atoms with van der Waals surface area (Å²) in [6.45, 7) is 2.64. The number of hydrogen-bond acceptors (Lipinski definition) is 2. The van der Waals surface area contributed by atoms with Crippen LogP contribution in [0, 0.1) is 0 Å². The maximum atomic E-state index is 9.18. The monoisotopic (exact) mass is 192 g/mol. The molecule has 0 amide bonds. The molecule has 1 aromatic rings. The van der Waals surface area contributed by atoms with E-state index in [0.717, 1.165) is 31.6 Å². The Bertz CT molecular complexity index is 318. The maximum absolute atomic E-state index is 9.18. The van der Waals surface area contributed by atoms with Gasteiger partial charge >= 0.3 is 0 Å². The molecule has 76 valence electrons. The van der Waals surface area contributed by atoms with Gasteiger partial charge in [-0.2, -0.15) is 0 Å². The summed E-state index contributed by atoms with van der Waals surface area (Å²) in [5.41, 5.74) is 2.61. The van der Waals surface area contributed by atoms with Gasteiger partial charge in [-0.1, -0.05) is 12.1 Å². The van der Waals surface area contributed by atoms with Gasteiger partial charge in [0.25, 0.3) is 0 Å². The predicted molar refractivity (Wildman–Crippen MR) is 55.6 cm³/mol. The molecule has 0 fully saturated rings. The molecule has 0 spiro atoms. The molecule has 1 heterocycles. The highest BCUT2D eigenvalue weighted by Crippen LogP contribution is 2.26. The van der Waals surface area contributed by atoms with E-state index in [1.54, 1.807) is 0 Å². The van der Waals surface area contributed by atoms with Crippen LogP contribution in [-0.2, 0) is 12.8 Å². The fourth-order valence-electron chi connectivity index (χ4n) is 1.77. The largest absolute Gasteiger partial charge is 0.493 e. The van der Waals surface area contributed by atoms with Gasteiger partial charge in [0.2, 0.25) is 0 Å². The third-order valence-electron chi connectivity index (χ3n) is 2.60. The van der Waals surface area contributed by atoms with Crippen molar-refractivity contribution in [2.24, 2.45) is 0 Å². The lowest BCUT2D eigenvalue weighted by molar-refractivity contribution is 0.185. The fraction of sp³-hybridized carbons (Fsp3) is 0.500. The van der Waals surface area contributed by atoms with Crippen molar-refractivity contribution >= 4 is 0 Å². The Morgan fingerprint density at radius 2 is 2.36 bits per heavy atom. The average molecular weight is 192 g/mol. The molecule has 0 aromatic heterocycles. The lowest BCUT2D eigenvalue weighted by Gasteiger charge is -2.05. The van der Waals surface area contributed by atoms with Crippen LogP contribution < -0.4 is 4.74 Å². The van der Waals surface area contributed by atoms with E-state index >= 15 is 0 Å². The Kier molecular flexibility index (Phi) is 2.73. The second-order valence-electron chi connectivity index (χ2n) is 3.93. The minimum Gasteiger partial charge on any atom is -0.493 e. The van der Waals surface area contributed by atoms with Gasteiger partial charge in [-0.25, -0.2) is 0 Å². The van der Waals surface area contributed by atoms with Crippen molar-refractivity contribution in [1.29, 1.82) is 0 Å². The Morgan fingerprint density at radius 1 is 1.50 bits per heavy atom. The first-order valence-electron chi connectivity index (χ1n) is 5.18. The molecule has 0 aliphatic carbocycles. The van der Waals surface area contributed by atoms with E-state index in [2.05, 4.69) is 12.1 Å². The Morgan fingerprint density at radius 3 is 3.14 bits per heavy atom. The molecule has 1 aliphatic rings. The summed E-state index contributed by atoms with van der Waals surface area (Å²) in [6, 6.07) is 6.33. The Balaban J connectivity index is 2.05. The number of hydrogen-bond donors (Lipinski definition) is 1. The van der Waals surface area contributed by atoms with Crippen molar-refractivity contribution in [3.63, 3.8) is 0 Å². The summed E-state index contributed by atoms with van der Waals surface area (Å²) in [7, 11) is 0. The number of benzene rings is 1. The summed E-state index contributed by atoms with van der Waals surface area (Å²) in [4.78, 5) is 0. The van der Waals surface area contributed by atoms with E-state index in [-0.39, 0.29) is 6.10 Å². The SMILES string of the molecule is C[C@H](O)CCc1ccc2c(c1)CCO2. The fourth-order valence-corrected chi connectivity index (χ4v) is 1.77. The van der Waals surface area contributed by atoms with Crippen molar-refractivity contribution < 1.29 is 9.84 Å². The first-order valence-corrected chi connectivity index (χ1v) is 5.18. The standard InChI is InChI=1S/C12H16O2/c1-9(13)2-3-10-4-5-12-11(8-10)6-7-14-12/h4-5,8-9,13H,2-3,6-7H2,1H3/t9-/m0/s1. The lowest BCUT2D eigenvalue weighted by Crippen LogP contribution is -2.01. The van der Waals surface area contributed by atoms with Crippen LogP contribution in [0.4, 0.5) is 0 Å². The van der Waals surface area contributed by atoms with Crippen molar-refractivity contribution in [3.8, 4) is 5.75 Å². The van der Waals surface area contributed by atoms with E-state index in [9.17, 15) is 5.11 Å². The topological polar surface area (TPSA) is 29.5 Å². The molecular formula is C12H16O2. The number of aryl methyl sites for hydroxylation is 1. The predicted octanol–water partition coefficient (Wildman–Crippen LogP) is 1.93. The molecule has 1 atom stereocenters. The number of aliphatic hydroxyl groups excluding tert-OH is 1. The molecule has 2 heteroatoms. The highest BCUT2D eigenvalue weighted by molar-refractivity contribution is 5.39. The van der Waals surface area contributed by atoms with Gasteiger partial charge < -0.3 is 9.84 Å². The molecule has 1 N–H and O–H groups in total. The van der Waals surface area contributed by atoms with E-state index in [0.29, 0.717) is 0 Å². The van der Waals surface area contributed by atoms with Gasteiger partial charge in [0.1, 0.15) is 5.75 Å². The highest BCUT2D eigenvalue weighted by Gasteiger charge is 2.11. The van der Waals surface area contributed by atoms with Gasteiger partial charge in [0.05, 0.1) is 12.7 Å². The second-order valence-corrected chi connectivity index (χ2v) is 3.93. The summed E-state index contributed by atoms with van der Waals surface area (Å²) < 4.78 is 5.43. The molecule has 0 saturated heterocycles. The van der Waals surface area contributed by atoms with Crippen LogP contribution in [0.15, 0.2) is 18.2 Å². The number of aliphatic hydroxyl groups is 1. The first kappa shape index (κ1) is 9.53. The quantitative estimate of drug-likeness (QED) is 0.793. The van der Waals surface area contributed by atoms with Gasteiger partial charge in [-0.05, 0) is 37.0 Å². The molecule has 2 nitrogen and oxygen atoms in total. The molecule has 0 saturated carbocycles. The van der Waals surface area contributed by atoms with Crippen LogP contribution in [0.1, 0.15) is 24.5 Å². The molecule has 1 aromatic carbocycles. The van der Waals surface area contributed by atoms with Crippen LogP contribution in [-0.4, -0.2) is 17.8 Å². The lowest BCUT2D eigenvalue weighted by atomic mass is 10.0. The third kappa shape index (κ3) is 2.07. The van der Waals surface area contributed by atoms with Crippen molar-refractivity contribution in [3.05, 3.63) is 29.3 Å². The molecular weight excluding hydrogens is 176 g/mol. The number of fused-ring (bicyclic) bond motifs is 1. The number of rotatable bonds is 3. The molecule has 2 rings (SSSR count). The molecule has 14 heavy (non-hydrogen) atoms. The van der Waals surface area contributed by atoms with Crippen molar-refractivity contribution in [2.75, 3.05) is 6.61 Å². The van der Waals surface area contributed by atoms with E-state index in [1.165, 1.54) is 11.1 Å². The summed E-state index contributed by atoms with van der Waals surface area (Å²) in [6.07, 6.45) is 2.60. The minimum atomic E-state index is -0.209. The zero-order valence-corrected chi connectivity index (χ0v) is 8.49. The highest BCUT2D eigenvalue weighted by atomic mass is 16.5. The van der Waals surface area contributed by atoms with E-state index < -0.39 is 0 Å². The summed E-state index contributed by atoms with van der Waals surface area (Å²) in [5.74, 6) is 1.03. The van der Waals surface area contributed by atoms with Gasteiger partial charge in [0, 0.05) is 6.42 Å². The molecule has 1 aliphatic heterocycles. The maximum Gasteiger partial charge on any atom is 0.122 e. The normalized spacial score (nSPS) is 16.1. The van der Waals surface area contributed by atoms with Crippen molar-refractivity contribution in [2.45, 2.75) is 32.3 Å². The first-order chi connectivity index (χ1) is 6.75. The Hall–Kier alpha value is -1.02. The zero-order chi connectivity index (χ0) is 9.97. The van der Waals surface area contributed by atoms with E-state index in [1.807, 2.05) is 13.0 Å². The van der Waals surface area contributed by atoms with Gasteiger partial charge in [-0.3, -0.25) is 0 Å². The van der Waals surface area contributed by atoms with Crippen LogP contribution in [0.3, 0.4) is 0 Å². The summed E-state index contributed by atoms with van der Waals surface area (Å²) in [5, 5.41) is 9.18. The smallest absolute Gasteiger partial charge is 0.122 e. The Labute approximate surface area is 84.5 Å².